The van der Waals surface area contributed by atoms with E-state index in [-0.39, 0.29) is 18.4 Å². The monoisotopic (exact) mass is 361 g/mol. The number of hydrogen-bond donors (Lipinski definition) is 0. The summed E-state index contributed by atoms with van der Waals surface area (Å²) in [5, 5.41) is 1.27. The van der Waals surface area contributed by atoms with Crippen molar-refractivity contribution in [1.29, 1.82) is 0 Å². The van der Waals surface area contributed by atoms with E-state index in [0.717, 1.165) is 10.8 Å². The summed E-state index contributed by atoms with van der Waals surface area (Å²) >= 11 is 0. The molecule has 0 atom stereocenters. The van der Waals surface area contributed by atoms with Gasteiger partial charge in [0.25, 0.3) is 11.5 Å². The van der Waals surface area contributed by atoms with Gasteiger partial charge in [-0.15, -0.1) is 0 Å². The van der Waals surface area contributed by atoms with Gasteiger partial charge in [-0.3, -0.25) is 4.79 Å². The van der Waals surface area contributed by atoms with Crippen molar-refractivity contribution in [2.24, 2.45) is 0 Å². The third-order valence-corrected chi connectivity index (χ3v) is 5.94. The Morgan fingerprint density at radius 1 is 1.08 bits per heavy atom. The van der Waals surface area contributed by atoms with Gasteiger partial charge in [0.15, 0.2) is 0 Å². The zero-order chi connectivity index (χ0) is 18.9. The number of rotatable bonds is 2. The van der Waals surface area contributed by atoms with Crippen molar-refractivity contribution >= 4 is 23.4 Å². The second-order valence-electron chi connectivity index (χ2n) is 8.38. The van der Waals surface area contributed by atoms with E-state index >= 15 is 0 Å². The van der Waals surface area contributed by atoms with Crippen LogP contribution in [0.4, 0.5) is 8.78 Å². The van der Waals surface area contributed by atoms with Crippen LogP contribution in [-0.4, -0.2) is 28.8 Å². The van der Waals surface area contributed by atoms with E-state index in [1.807, 2.05) is 39.8 Å². The number of fused-ring (bicyclic) bond motifs is 1. The molecular weight excluding hydrogens is 339 g/mol. The molecule has 0 amide bonds. The number of alkyl halides is 2. The van der Waals surface area contributed by atoms with Crippen molar-refractivity contribution in [2.45, 2.75) is 63.7 Å². The molecule has 0 spiro atoms. The van der Waals surface area contributed by atoms with Crippen LogP contribution in [0.2, 0.25) is 0 Å². The van der Waals surface area contributed by atoms with Gasteiger partial charge < -0.3 is 13.9 Å². The Morgan fingerprint density at radius 2 is 1.69 bits per heavy atom. The summed E-state index contributed by atoms with van der Waals surface area (Å²) in [6, 6.07) is 6.83. The first-order valence-corrected chi connectivity index (χ1v) is 8.87. The van der Waals surface area contributed by atoms with Crippen molar-refractivity contribution in [3.63, 3.8) is 0 Å². The predicted octanol–water partition coefficient (Wildman–Crippen LogP) is 3.27. The molecular formula is C19H22BF2NO3. The van der Waals surface area contributed by atoms with Crippen molar-refractivity contribution in [3.05, 3.63) is 40.8 Å². The standard InChI is InChI=1S/C19H22BF2NO3/c1-17(2)18(3,4)26-20(25-17)13-6-5-12-7-8-23(16(24)15(12)9-13)14-10-19(21,22)11-14/h5-9,14H,10-11H2,1-4H3. The molecule has 2 fully saturated rings. The lowest BCUT2D eigenvalue weighted by Gasteiger charge is -2.36. The first-order chi connectivity index (χ1) is 12.0. The molecule has 138 valence electrons. The lowest BCUT2D eigenvalue weighted by molar-refractivity contribution is -0.104. The van der Waals surface area contributed by atoms with Gasteiger partial charge >= 0.3 is 7.12 Å². The van der Waals surface area contributed by atoms with E-state index < -0.39 is 30.3 Å². The largest absolute Gasteiger partial charge is 0.494 e. The molecule has 7 heteroatoms. The van der Waals surface area contributed by atoms with Gasteiger partial charge in [-0.05, 0) is 50.7 Å². The molecule has 2 aromatic rings. The zero-order valence-corrected chi connectivity index (χ0v) is 15.4. The zero-order valence-electron chi connectivity index (χ0n) is 15.4. The fourth-order valence-electron chi connectivity index (χ4n) is 3.51. The summed E-state index contributed by atoms with van der Waals surface area (Å²) < 4.78 is 39.9. The number of aromatic nitrogens is 1. The molecule has 1 aliphatic carbocycles. The van der Waals surface area contributed by atoms with Crippen LogP contribution in [-0.2, 0) is 9.31 Å². The Kier molecular flexibility index (Phi) is 3.67. The van der Waals surface area contributed by atoms with Gasteiger partial charge in [-0.25, -0.2) is 8.78 Å². The maximum absolute atomic E-state index is 13.2. The highest BCUT2D eigenvalue weighted by Gasteiger charge is 2.51. The Labute approximate surface area is 151 Å². The fraction of sp³-hybridized carbons (Fsp3) is 0.526. The SMILES string of the molecule is CC1(C)OB(c2ccc3ccn(C4CC(F)(F)C4)c(=O)c3c2)OC1(C)C. The first-order valence-electron chi connectivity index (χ1n) is 8.87. The van der Waals surface area contributed by atoms with Gasteiger partial charge in [0, 0.05) is 30.5 Å². The van der Waals surface area contributed by atoms with Crippen LogP contribution in [0.15, 0.2) is 35.3 Å². The summed E-state index contributed by atoms with van der Waals surface area (Å²) in [5.74, 6) is -2.66. The second-order valence-corrected chi connectivity index (χ2v) is 8.38. The third-order valence-electron chi connectivity index (χ3n) is 5.94. The number of hydrogen-bond acceptors (Lipinski definition) is 3. The summed E-state index contributed by atoms with van der Waals surface area (Å²) in [5.41, 5.74) is -0.437. The Balaban J connectivity index is 1.71. The molecule has 0 radical (unpaired) electrons. The topological polar surface area (TPSA) is 40.5 Å². The van der Waals surface area contributed by atoms with Crippen molar-refractivity contribution < 1.29 is 18.1 Å². The fourth-order valence-corrected chi connectivity index (χ4v) is 3.51. The molecule has 0 N–H and O–H groups in total. The Hall–Kier alpha value is -1.73. The molecule has 1 aromatic heterocycles. The van der Waals surface area contributed by atoms with Crippen LogP contribution < -0.4 is 11.0 Å². The number of nitrogens with zero attached hydrogens (tertiary/aromatic N) is 1. The van der Waals surface area contributed by atoms with Gasteiger partial charge in [0.1, 0.15) is 0 Å². The normalized spacial score (nSPS) is 24.0. The molecule has 4 nitrogen and oxygen atoms in total. The molecule has 1 saturated heterocycles. The highest BCUT2D eigenvalue weighted by atomic mass is 19.3. The van der Waals surface area contributed by atoms with E-state index in [1.165, 1.54) is 4.57 Å². The lowest BCUT2D eigenvalue weighted by atomic mass is 9.78. The van der Waals surface area contributed by atoms with Crippen LogP contribution in [0.3, 0.4) is 0 Å². The van der Waals surface area contributed by atoms with E-state index in [4.69, 9.17) is 9.31 Å². The Morgan fingerprint density at radius 3 is 2.27 bits per heavy atom. The lowest BCUT2D eigenvalue weighted by Crippen LogP contribution is -2.41. The average molecular weight is 361 g/mol. The molecule has 0 unspecified atom stereocenters. The highest BCUT2D eigenvalue weighted by molar-refractivity contribution is 6.62. The van der Waals surface area contributed by atoms with Gasteiger partial charge in [0.2, 0.25) is 0 Å². The smallest absolute Gasteiger partial charge is 0.399 e. The van der Waals surface area contributed by atoms with Crippen LogP contribution in [0, 0.1) is 0 Å². The predicted molar refractivity (Wildman–Crippen MR) is 97.1 cm³/mol. The molecule has 26 heavy (non-hydrogen) atoms. The molecule has 1 saturated carbocycles. The minimum absolute atomic E-state index is 0.249. The van der Waals surface area contributed by atoms with Crippen LogP contribution in [0.5, 0.6) is 0 Å². The molecule has 2 aliphatic rings. The first kappa shape index (κ1) is 17.7. The van der Waals surface area contributed by atoms with Crippen molar-refractivity contribution in [2.75, 3.05) is 0 Å². The summed E-state index contributed by atoms with van der Waals surface area (Å²) in [7, 11) is -0.564. The number of pyridine rings is 1. The van der Waals surface area contributed by atoms with E-state index in [0.29, 0.717) is 5.39 Å². The van der Waals surface area contributed by atoms with Gasteiger partial charge in [0.05, 0.1) is 11.2 Å². The molecule has 2 heterocycles. The minimum Gasteiger partial charge on any atom is -0.399 e. The second kappa shape index (κ2) is 5.39. The third kappa shape index (κ3) is 2.69. The van der Waals surface area contributed by atoms with Gasteiger partial charge in [-0.2, -0.15) is 0 Å². The Bertz CT molecular complexity index is 914. The molecule has 4 rings (SSSR count). The number of benzene rings is 1. The van der Waals surface area contributed by atoms with Crippen LogP contribution in [0.25, 0.3) is 10.8 Å². The average Bonchev–Trinajstić information content (AvgIpc) is 2.73. The minimum atomic E-state index is -2.66. The van der Waals surface area contributed by atoms with E-state index in [1.54, 1.807) is 18.3 Å². The number of halogens is 2. The molecule has 1 aromatic carbocycles. The summed E-state index contributed by atoms with van der Waals surface area (Å²) in [6.45, 7) is 7.88. The van der Waals surface area contributed by atoms with E-state index in [2.05, 4.69) is 0 Å². The van der Waals surface area contributed by atoms with Crippen LogP contribution in [0.1, 0.15) is 46.6 Å². The van der Waals surface area contributed by atoms with E-state index in [9.17, 15) is 13.6 Å². The molecule has 1 aliphatic heterocycles. The van der Waals surface area contributed by atoms with Crippen LogP contribution >= 0.6 is 0 Å². The summed E-state index contributed by atoms with van der Waals surface area (Å²) in [4.78, 5) is 12.8. The van der Waals surface area contributed by atoms with Crippen molar-refractivity contribution in [1.82, 2.24) is 4.57 Å². The quantitative estimate of drug-likeness (QED) is 0.771. The summed E-state index contributed by atoms with van der Waals surface area (Å²) in [6.07, 6.45) is 1.05. The highest BCUT2D eigenvalue weighted by Crippen LogP contribution is 2.44. The maximum Gasteiger partial charge on any atom is 0.494 e. The molecule has 0 bridgehead atoms. The maximum atomic E-state index is 13.2. The van der Waals surface area contributed by atoms with Crippen molar-refractivity contribution in [3.8, 4) is 0 Å². The van der Waals surface area contributed by atoms with Gasteiger partial charge in [-0.1, -0.05) is 12.1 Å².